The van der Waals surface area contributed by atoms with E-state index in [0.29, 0.717) is 6.04 Å². The Morgan fingerprint density at radius 3 is 2.39 bits per heavy atom. The number of anilines is 1. The lowest BCUT2D eigenvalue weighted by Gasteiger charge is -2.49. The molecule has 0 spiro atoms. The highest BCUT2D eigenvalue weighted by Gasteiger charge is 2.39. The molecule has 4 aromatic rings. The Hall–Kier alpha value is -2.84. The minimum Gasteiger partial charge on any atom is -0.355 e. The van der Waals surface area contributed by atoms with Crippen molar-refractivity contribution in [1.82, 2.24) is 30.3 Å². The van der Waals surface area contributed by atoms with E-state index in [1.807, 2.05) is 29.6 Å². The predicted octanol–water partition coefficient (Wildman–Crippen LogP) is 4.90. The van der Waals surface area contributed by atoms with Crippen LogP contribution in [0.25, 0.3) is 32.6 Å². The molecule has 8 heteroatoms. The Morgan fingerprint density at radius 2 is 1.76 bits per heavy atom. The number of aryl methyl sites for hydroxylation is 1. The average Bonchev–Trinajstić information content (AvgIpc) is 3.40. The standard InChI is InChI=1S/C25H31N7S/c1-24(2)11-17(12-25(3,4)30-24)32(6)21-10-9-20(28-29-21)19-8-7-18(16-13-27-31(5)14-16)23-22(19)26-15-33-23/h7-10,13-15,17,30H,11-12H2,1-6H3. The number of hydrogen-bond donors (Lipinski definition) is 1. The van der Waals surface area contributed by atoms with Crippen molar-refractivity contribution in [3.05, 3.63) is 42.2 Å². The SMILES string of the molecule is CN(c1ccc(-c2ccc(-c3cnn(C)c3)c3scnc23)nn1)C1CC(C)(C)NC(C)(C)C1. The van der Waals surface area contributed by atoms with E-state index in [1.165, 1.54) is 0 Å². The number of nitrogens with one attached hydrogen (secondary N) is 1. The zero-order chi connectivity index (χ0) is 23.4. The van der Waals surface area contributed by atoms with Crippen molar-refractivity contribution in [1.29, 1.82) is 0 Å². The van der Waals surface area contributed by atoms with E-state index >= 15 is 0 Å². The third-order valence-corrected chi connectivity index (χ3v) is 7.36. The molecule has 1 fully saturated rings. The van der Waals surface area contributed by atoms with Crippen molar-refractivity contribution in [3.8, 4) is 22.4 Å². The normalized spacial score (nSPS) is 18.0. The van der Waals surface area contributed by atoms with Crippen molar-refractivity contribution < 1.29 is 0 Å². The van der Waals surface area contributed by atoms with Crippen LogP contribution in [0, 0.1) is 0 Å². The van der Waals surface area contributed by atoms with Gasteiger partial charge in [-0.2, -0.15) is 5.10 Å². The van der Waals surface area contributed by atoms with Crippen LogP contribution in [0.15, 0.2) is 42.2 Å². The van der Waals surface area contributed by atoms with Crippen molar-refractivity contribution in [2.24, 2.45) is 7.05 Å². The number of rotatable bonds is 4. The summed E-state index contributed by atoms with van der Waals surface area (Å²) in [5.74, 6) is 0.902. The zero-order valence-corrected chi connectivity index (χ0v) is 20.9. The van der Waals surface area contributed by atoms with Gasteiger partial charge in [-0.15, -0.1) is 21.5 Å². The summed E-state index contributed by atoms with van der Waals surface area (Å²) in [5.41, 5.74) is 7.10. The first kappa shape index (κ1) is 22.0. The van der Waals surface area contributed by atoms with E-state index in [0.717, 1.165) is 51.3 Å². The van der Waals surface area contributed by atoms with Crippen LogP contribution in [0.4, 0.5) is 5.82 Å². The van der Waals surface area contributed by atoms with Crippen molar-refractivity contribution in [2.75, 3.05) is 11.9 Å². The summed E-state index contributed by atoms with van der Waals surface area (Å²) in [5, 5.41) is 17.3. The number of hydrogen-bond acceptors (Lipinski definition) is 7. The van der Waals surface area contributed by atoms with Crippen LogP contribution >= 0.6 is 11.3 Å². The van der Waals surface area contributed by atoms with Gasteiger partial charge in [-0.3, -0.25) is 4.68 Å². The topological polar surface area (TPSA) is 71.8 Å². The van der Waals surface area contributed by atoms with E-state index < -0.39 is 0 Å². The molecule has 0 unspecified atom stereocenters. The third kappa shape index (κ3) is 4.25. The highest BCUT2D eigenvalue weighted by Crippen LogP contribution is 2.37. The first-order chi connectivity index (χ1) is 15.6. The van der Waals surface area contributed by atoms with Crippen LogP contribution in [-0.2, 0) is 7.05 Å². The van der Waals surface area contributed by atoms with Gasteiger partial charge in [0.05, 0.1) is 27.6 Å². The van der Waals surface area contributed by atoms with E-state index in [2.05, 4.69) is 89.5 Å². The molecule has 0 radical (unpaired) electrons. The second-order valence-corrected chi connectivity index (χ2v) is 11.3. The van der Waals surface area contributed by atoms with Gasteiger partial charge in [0, 0.05) is 54.1 Å². The van der Waals surface area contributed by atoms with E-state index in [9.17, 15) is 0 Å². The van der Waals surface area contributed by atoms with Crippen molar-refractivity contribution >= 4 is 27.4 Å². The Kier molecular flexibility index (Phi) is 5.25. The van der Waals surface area contributed by atoms with Crippen molar-refractivity contribution in [3.63, 3.8) is 0 Å². The van der Waals surface area contributed by atoms with Gasteiger partial charge in [0.15, 0.2) is 5.82 Å². The van der Waals surface area contributed by atoms with Gasteiger partial charge in [-0.1, -0.05) is 6.07 Å². The number of nitrogens with zero attached hydrogens (tertiary/aromatic N) is 6. The van der Waals surface area contributed by atoms with Crippen LogP contribution in [0.5, 0.6) is 0 Å². The minimum absolute atomic E-state index is 0.0836. The van der Waals surface area contributed by atoms with E-state index in [1.54, 1.807) is 11.3 Å². The average molecular weight is 462 g/mol. The highest BCUT2D eigenvalue weighted by atomic mass is 32.1. The van der Waals surface area contributed by atoms with Crippen LogP contribution < -0.4 is 10.2 Å². The van der Waals surface area contributed by atoms with Gasteiger partial charge in [0.2, 0.25) is 0 Å². The molecule has 3 aromatic heterocycles. The molecular weight excluding hydrogens is 430 g/mol. The van der Waals surface area contributed by atoms with Gasteiger partial charge in [0.25, 0.3) is 0 Å². The summed E-state index contributed by atoms with van der Waals surface area (Å²) in [6.07, 6.45) is 6.04. The summed E-state index contributed by atoms with van der Waals surface area (Å²) in [4.78, 5) is 6.94. The maximum atomic E-state index is 4.66. The van der Waals surface area contributed by atoms with Gasteiger partial charge in [-0.05, 0) is 58.7 Å². The van der Waals surface area contributed by atoms with Crippen LogP contribution in [0.3, 0.4) is 0 Å². The van der Waals surface area contributed by atoms with Gasteiger partial charge < -0.3 is 10.2 Å². The van der Waals surface area contributed by atoms with Crippen molar-refractivity contribution in [2.45, 2.75) is 57.7 Å². The lowest BCUT2D eigenvalue weighted by Crippen LogP contribution is -2.62. The number of fused-ring (bicyclic) bond motifs is 1. The van der Waals surface area contributed by atoms with E-state index in [4.69, 9.17) is 0 Å². The fraction of sp³-hybridized carbons (Fsp3) is 0.440. The molecule has 0 aliphatic carbocycles. The van der Waals surface area contributed by atoms with Gasteiger partial charge in [-0.25, -0.2) is 4.98 Å². The highest BCUT2D eigenvalue weighted by molar-refractivity contribution is 7.17. The number of thiazole rings is 1. The molecule has 33 heavy (non-hydrogen) atoms. The van der Waals surface area contributed by atoms with E-state index in [-0.39, 0.29) is 11.1 Å². The lowest BCUT2D eigenvalue weighted by atomic mass is 9.79. The van der Waals surface area contributed by atoms with Crippen LogP contribution in [0.2, 0.25) is 0 Å². The molecule has 7 nitrogen and oxygen atoms in total. The second-order valence-electron chi connectivity index (χ2n) is 10.4. The first-order valence-corrected chi connectivity index (χ1v) is 12.2. The monoisotopic (exact) mass is 461 g/mol. The Bertz CT molecular complexity index is 1270. The van der Waals surface area contributed by atoms with Crippen LogP contribution in [0.1, 0.15) is 40.5 Å². The summed E-state index contributed by atoms with van der Waals surface area (Å²) in [6, 6.07) is 8.77. The summed E-state index contributed by atoms with van der Waals surface area (Å²) in [7, 11) is 4.06. The molecular formula is C25H31N7S. The molecule has 0 atom stereocenters. The number of piperidine rings is 1. The molecule has 1 saturated heterocycles. The molecule has 1 aliphatic heterocycles. The fourth-order valence-corrected chi connectivity index (χ4v) is 6.18. The minimum atomic E-state index is 0.0836. The smallest absolute Gasteiger partial charge is 0.151 e. The Morgan fingerprint density at radius 1 is 1.03 bits per heavy atom. The van der Waals surface area contributed by atoms with Crippen LogP contribution in [-0.4, -0.2) is 49.1 Å². The number of aromatic nitrogens is 5. The maximum absolute atomic E-state index is 4.66. The molecule has 172 valence electrons. The Labute approximate surface area is 198 Å². The molecule has 0 bridgehead atoms. The molecule has 1 aromatic carbocycles. The lowest BCUT2D eigenvalue weighted by molar-refractivity contribution is 0.160. The zero-order valence-electron chi connectivity index (χ0n) is 20.1. The predicted molar refractivity (Wildman–Crippen MR) is 136 cm³/mol. The fourth-order valence-electron chi connectivity index (χ4n) is 5.33. The summed E-state index contributed by atoms with van der Waals surface area (Å²) >= 11 is 1.64. The molecule has 4 heterocycles. The molecule has 0 saturated carbocycles. The Balaban J connectivity index is 1.44. The van der Waals surface area contributed by atoms with Gasteiger partial charge >= 0.3 is 0 Å². The molecule has 0 amide bonds. The second kappa shape index (κ2) is 7.88. The summed E-state index contributed by atoms with van der Waals surface area (Å²) < 4.78 is 2.96. The quantitative estimate of drug-likeness (QED) is 0.466. The first-order valence-electron chi connectivity index (χ1n) is 11.3. The van der Waals surface area contributed by atoms with Gasteiger partial charge in [0.1, 0.15) is 0 Å². The molecule has 5 rings (SSSR count). The maximum Gasteiger partial charge on any atom is 0.151 e. The summed E-state index contributed by atoms with van der Waals surface area (Å²) in [6.45, 7) is 9.10. The molecule has 1 aliphatic rings. The number of benzene rings is 1. The molecule has 1 N–H and O–H groups in total. The largest absolute Gasteiger partial charge is 0.355 e. The third-order valence-electron chi connectivity index (χ3n) is 6.50.